The second-order valence-corrected chi connectivity index (χ2v) is 5.94. The minimum atomic E-state index is -0.291. The van der Waals surface area contributed by atoms with Crippen LogP contribution in [-0.4, -0.2) is 18.7 Å². The van der Waals surface area contributed by atoms with E-state index in [9.17, 15) is 9.59 Å². The number of furan rings is 1. The minimum Gasteiger partial charge on any atom is -0.465 e. The zero-order valence-corrected chi connectivity index (χ0v) is 14.7. The van der Waals surface area contributed by atoms with Gasteiger partial charge in [-0.3, -0.25) is 13.9 Å². The van der Waals surface area contributed by atoms with Crippen LogP contribution in [0.4, 0.5) is 0 Å². The largest absolute Gasteiger partial charge is 0.465 e. The Hall–Kier alpha value is -2.83. The molecule has 0 unspecified atom stereocenters. The monoisotopic (exact) mass is 342 g/mol. The van der Waals surface area contributed by atoms with Crippen molar-refractivity contribution in [2.24, 2.45) is 7.05 Å². The molecule has 3 aromatic rings. The molecule has 3 aromatic heterocycles. The summed E-state index contributed by atoms with van der Waals surface area (Å²) in [6, 6.07) is 3.64. The van der Waals surface area contributed by atoms with Gasteiger partial charge >= 0.3 is 5.69 Å². The van der Waals surface area contributed by atoms with E-state index in [0.29, 0.717) is 35.8 Å². The lowest BCUT2D eigenvalue weighted by molar-refractivity contribution is 0.554. The molecule has 0 amide bonds. The Morgan fingerprint density at radius 2 is 1.84 bits per heavy atom. The van der Waals surface area contributed by atoms with E-state index >= 15 is 0 Å². The molecule has 7 heteroatoms. The van der Waals surface area contributed by atoms with E-state index in [2.05, 4.69) is 4.98 Å². The minimum absolute atomic E-state index is 0.290. The maximum absolute atomic E-state index is 12.8. The van der Waals surface area contributed by atoms with Crippen LogP contribution in [0.2, 0.25) is 0 Å². The molecule has 0 fully saturated rings. The summed E-state index contributed by atoms with van der Waals surface area (Å²) >= 11 is 0. The van der Waals surface area contributed by atoms with Crippen molar-refractivity contribution in [1.82, 2.24) is 18.7 Å². The topological polar surface area (TPSA) is 75.0 Å². The summed E-state index contributed by atoms with van der Waals surface area (Å²) in [5, 5.41) is 0. The lowest BCUT2D eigenvalue weighted by Gasteiger charge is -2.10. The van der Waals surface area contributed by atoms with Crippen molar-refractivity contribution in [3.05, 3.63) is 50.8 Å². The first-order chi connectivity index (χ1) is 12.1. The Kier molecular flexibility index (Phi) is 4.74. The summed E-state index contributed by atoms with van der Waals surface area (Å²) in [7, 11) is 1.79. The molecule has 0 saturated carbocycles. The molecular formula is C18H22N4O3. The van der Waals surface area contributed by atoms with Crippen molar-refractivity contribution >= 4 is 23.3 Å². The normalized spacial score (nSPS) is 11.8. The number of aryl methyl sites for hydroxylation is 2. The molecule has 7 nitrogen and oxygen atoms in total. The summed E-state index contributed by atoms with van der Waals surface area (Å²) < 4.78 is 9.91. The van der Waals surface area contributed by atoms with Gasteiger partial charge in [0.25, 0.3) is 5.56 Å². The van der Waals surface area contributed by atoms with Gasteiger partial charge in [0.05, 0.1) is 6.26 Å². The molecule has 0 saturated heterocycles. The lowest BCUT2D eigenvalue weighted by Crippen LogP contribution is -2.40. The highest BCUT2D eigenvalue weighted by Crippen LogP contribution is 2.14. The number of rotatable bonds is 6. The average Bonchev–Trinajstić information content (AvgIpc) is 3.22. The fourth-order valence-electron chi connectivity index (χ4n) is 2.92. The van der Waals surface area contributed by atoms with Crippen LogP contribution >= 0.6 is 0 Å². The van der Waals surface area contributed by atoms with Crippen molar-refractivity contribution in [1.29, 1.82) is 0 Å². The summed E-state index contributed by atoms with van der Waals surface area (Å²) in [6.45, 7) is 4.87. The molecule has 3 rings (SSSR count). The number of aromatic nitrogens is 4. The van der Waals surface area contributed by atoms with Crippen molar-refractivity contribution in [2.75, 3.05) is 0 Å². The Balaban J connectivity index is 2.25. The van der Waals surface area contributed by atoms with Crippen molar-refractivity contribution in [3.63, 3.8) is 0 Å². The molecule has 0 radical (unpaired) electrons. The molecule has 0 atom stereocenters. The van der Waals surface area contributed by atoms with Gasteiger partial charge in [-0.15, -0.1) is 0 Å². The van der Waals surface area contributed by atoms with Crippen molar-refractivity contribution < 1.29 is 4.42 Å². The van der Waals surface area contributed by atoms with E-state index in [1.54, 1.807) is 40.7 Å². The molecular weight excluding hydrogens is 320 g/mol. The van der Waals surface area contributed by atoms with Gasteiger partial charge in [-0.2, -0.15) is 0 Å². The maximum atomic E-state index is 12.8. The van der Waals surface area contributed by atoms with Gasteiger partial charge in [0.2, 0.25) is 0 Å². The zero-order chi connectivity index (χ0) is 18.0. The summed E-state index contributed by atoms with van der Waals surface area (Å²) in [4.78, 5) is 30.0. The SMILES string of the molecule is CCCn1c(=O)c2c(nc(/C=C/c3ccco3)n2C)n(CCC)c1=O. The molecule has 0 bridgehead atoms. The molecule has 3 heterocycles. The molecule has 0 spiro atoms. The van der Waals surface area contributed by atoms with Gasteiger partial charge in [0.1, 0.15) is 11.6 Å². The summed E-state index contributed by atoms with van der Waals surface area (Å²) in [6.07, 6.45) is 6.66. The number of imidazole rings is 1. The third-order valence-electron chi connectivity index (χ3n) is 4.11. The van der Waals surface area contributed by atoms with Crippen LogP contribution in [0, 0.1) is 0 Å². The Bertz CT molecular complexity index is 1020. The molecule has 25 heavy (non-hydrogen) atoms. The number of fused-ring (bicyclic) bond motifs is 1. The maximum Gasteiger partial charge on any atom is 0.332 e. The molecule has 0 aromatic carbocycles. The van der Waals surface area contributed by atoms with Crippen LogP contribution < -0.4 is 11.2 Å². The molecule has 0 N–H and O–H groups in total. The number of hydrogen-bond donors (Lipinski definition) is 0. The van der Waals surface area contributed by atoms with Gasteiger partial charge in [0, 0.05) is 20.1 Å². The Morgan fingerprint density at radius 3 is 2.48 bits per heavy atom. The highest BCUT2D eigenvalue weighted by atomic mass is 16.3. The van der Waals surface area contributed by atoms with Gasteiger partial charge in [-0.25, -0.2) is 9.78 Å². The fourth-order valence-corrected chi connectivity index (χ4v) is 2.92. The van der Waals surface area contributed by atoms with Gasteiger partial charge in [0.15, 0.2) is 11.2 Å². The third kappa shape index (κ3) is 2.97. The van der Waals surface area contributed by atoms with E-state index < -0.39 is 0 Å². The predicted octanol–water partition coefficient (Wildman–Crippen LogP) is 2.48. The molecule has 0 aliphatic rings. The highest BCUT2D eigenvalue weighted by molar-refractivity contribution is 5.76. The van der Waals surface area contributed by atoms with Crippen LogP contribution in [0.5, 0.6) is 0 Å². The van der Waals surface area contributed by atoms with E-state index in [4.69, 9.17) is 4.42 Å². The van der Waals surface area contributed by atoms with Crippen LogP contribution in [0.3, 0.4) is 0 Å². The quantitative estimate of drug-likeness (QED) is 0.690. The Morgan fingerprint density at radius 1 is 1.12 bits per heavy atom. The number of hydrogen-bond acceptors (Lipinski definition) is 4. The second-order valence-electron chi connectivity index (χ2n) is 5.94. The molecule has 132 valence electrons. The summed E-state index contributed by atoms with van der Waals surface area (Å²) in [5.41, 5.74) is 0.300. The first-order valence-corrected chi connectivity index (χ1v) is 8.50. The van der Waals surface area contributed by atoms with E-state index in [1.807, 2.05) is 19.9 Å². The number of nitrogens with zero attached hydrogens (tertiary/aromatic N) is 4. The Labute approximate surface area is 144 Å². The van der Waals surface area contributed by atoms with Gasteiger partial charge < -0.3 is 8.98 Å². The lowest BCUT2D eigenvalue weighted by atomic mass is 10.4. The van der Waals surface area contributed by atoms with Gasteiger partial charge in [-0.1, -0.05) is 13.8 Å². The summed E-state index contributed by atoms with van der Waals surface area (Å²) in [5.74, 6) is 1.29. The highest BCUT2D eigenvalue weighted by Gasteiger charge is 2.18. The molecule has 0 aliphatic carbocycles. The fraction of sp³-hybridized carbons (Fsp3) is 0.389. The second kappa shape index (κ2) is 6.96. The van der Waals surface area contributed by atoms with Crippen molar-refractivity contribution in [2.45, 2.75) is 39.8 Å². The third-order valence-corrected chi connectivity index (χ3v) is 4.11. The molecule has 0 aliphatic heterocycles. The average molecular weight is 342 g/mol. The van der Waals surface area contributed by atoms with Crippen LogP contribution in [0.1, 0.15) is 38.3 Å². The first-order valence-electron chi connectivity index (χ1n) is 8.50. The van der Waals surface area contributed by atoms with Gasteiger partial charge in [-0.05, 0) is 37.1 Å². The standard InChI is InChI=1S/C18H22N4O3/c1-4-10-21-16-15(17(23)22(11-5-2)18(21)24)20(3)14(19-16)9-8-13-7-6-12-25-13/h6-9,12H,4-5,10-11H2,1-3H3/b9-8+. The van der Waals surface area contributed by atoms with Crippen molar-refractivity contribution in [3.8, 4) is 0 Å². The predicted molar refractivity (Wildman–Crippen MR) is 97.5 cm³/mol. The van der Waals surface area contributed by atoms with Crippen LogP contribution in [-0.2, 0) is 20.1 Å². The van der Waals surface area contributed by atoms with E-state index in [-0.39, 0.29) is 11.2 Å². The smallest absolute Gasteiger partial charge is 0.332 e. The van der Waals surface area contributed by atoms with Crippen LogP contribution in [0.15, 0.2) is 32.4 Å². The van der Waals surface area contributed by atoms with E-state index in [1.165, 1.54) is 4.57 Å². The van der Waals surface area contributed by atoms with E-state index in [0.717, 1.165) is 12.8 Å². The zero-order valence-electron chi connectivity index (χ0n) is 14.7. The van der Waals surface area contributed by atoms with Crippen LogP contribution in [0.25, 0.3) is 23.3 Å². The first kappa shape index (κ1) is 17.0.